The molecule has 0 saturated carbocycles. The predicted octanol–water partition coefficient (Wildman–Crippen LogP) is 3.12. The van der Waals surface area contributed by atoms with E-state index in [1.54, 1.807) is 0 Å². The fourth-order valence-corrected chi connectivity index (χ4v) is 2.33. The number of para-hydroxylation sites is 1. The lowest BCUT2D eigenvalue weighted by Crippen LogP contribution is -2.28. The van der Waals surface area contributed by atoms with Crippen molar-refractivity contribution < 1.29 is 4.79 Å². The monoisotopic (exact) mass is 246 g/mol. The normalized spacial score (nSPS) is 10.0. The van der Waals surface area contributed by atoms with Gasteiger partial charge in [0, 0.05) is 4.88 Å². The molecule has 1 aromatic heterocycles. The molecule has 0 unspecified atom stereocenters. The van der Waals surface area contributed by atoms with Crippen molar-refractivity contribution in [1.29, 1.82) is 0 Å². The zero-order valence-electron chi connectivity index (χ0n) is 9.78. The van der Waals surface area contributed by atoms with Crippen LogP contribution in [-0.2, 0) is 0 Å². The molecule has 88 valence electrons. The third kappa shape index (κ3) is 2.85. The second-order valence-electron chi connectivity index (χ2n) is 3.79. The molecule has 0 aliphatic carbocycles. The fourth-order valence-electron chi connectivity index (χ4n) is 1.40. The quantitative estimate of drug-likeness (QED) is 0.817. The SMILES string of the molecule is Cc1cc(C(=O)NNc2ccccc2)sc1C. The molecule has 2 N–H and O–H groups in total. The van der Waals surface area contributed by atoms with Crippen LogP contribution in [-0.4, -0.2) is 5.91 Å². The Morgan fingerprint density at radius 3 is 2.47 bits per heavy atom. The molecule has 0 radical (unpaired) electrons. The summed E-state index contributed by atoms with van der Waals surface area (Å²) < 4.78 is 0. The Labute approximate surface area is 104 Å². The van der Waals surface area contributed by atoms with Crippen LogP contribution in [0.2, 0.25) is 0 Å². The number of nitrogens with one attached hydrogen (secondary N) is 2. The van der Waals surface area contributed by atoms with Crippen molar-refractivity contribution in [2.45, 2.75) is 13.8 Å². The highest BCUT2D eigenvalue weighted by Crippen LogP contribution is 2.20. The topological polar surface area (TPSA) is 41.1 Å². The zero-order valence-corrected chi connectivity index (χ0v) is 10.6. The van der Waals surface area contributed by atoms with Crippen molar-refractivity contribution >= 4 is 22.9 Å². The first-order valence-electron chi connectivity index (χ1n) is 5.35. The number of carbonyl (C=O) groups excluding carboxylic acids is 1. The lowest BCUT2D eigenvalue weighted by Gasteiger charge is -2.06. The van der Waals surface area contributed by atoms with Crippen LogP contribution in [0.15, 0.2) is 36.4 Å². The first kappa shape index (κ1) is 11.7. The molecular weight excluding hydrogens is 232 g/mol. The fraction of sp³-hybridized carbons (Fsp3) is 0.154. The van der Waals surface area contributed by atoms with Crippen LogP contribution in [0.3, 0.4) is 0 Å². The standard InChI is InChI=1S/C13H14N2OS/c1-9-8-12(17-10(9)2)13(16)15-14-11-6-4-3-5-7-11/h3-8,14H,1-2H3,(H,15,16). The van der Waals surface area contributed by atoms with E-state index in [0.717, 1.165) is 16.1 Å². The molecule has 0 aliphatic heterocycles. The van der Waals surface area contributed by atoms with Gasteiger partial charge in [0.1, 0.15) is 0 Å². The Hall–Kier alpha value is -1.81. The Bertz CT molecular complexity index is 500. The molecule has 0 aliphatic rings. The second kappa shape index (κ2) is 5.01. The van der Waals surface area contributed by atoms with Gasteiger partial charge in [0.25, 0.3) is 5.91 Å². The van der Waals surface area contributed by atoms with Crippen molar-refractivity contribution in [3.05, 3.63) is 51.7 Å². The summed E-state index contributed by atoms with van der Waals surface area (Å²) in [7, 11) is 0. The van der Waals surface area contributed by atoms with E-state index in [4.69, 9.17) is 0 Å². The average Bonchev–Trinajstić information content (AvgIpc) is 2.68. The van der Waals surface area contributed by atoms with Crippen molar-refractivity contribution in [1.82, 2.24) is 5.43 Å². The van der Waals surface area contributed by atoms with E-state index in [2.05, 4.69) is 10.9 Å². The molecule has 0 fully saturated rings. The average molecular weight is 246 g/mol. The number of aryl methyl sites for hydroxylation is 2. The van der Waals surface area contributed by atoms with Crippen LogP contribution in [0, 0.1) is 13.8 Å². The molecule has 0 spiro atoms. The summed E-state index contributed by atoms with van der Waals surface area (Å²) in [6.07, 6.45) is 0. The lowest BCUT2D eigenvalue weighted by atomic mass is 10.3. The Morgan fingerprint density at radius 2 is 1.88 bits per heavy atom. The van der Waals surface area contributed by atoms with E-state index < -0.39 is 0 Å². The highest BCUT2D eigenvalue weighted by Gasteiger charge is 2.09. The summed E-state index contributed by atoms with van der Waals surface area (Å²) in [5.74, 6) is -0.102. The van der Waals surface area contributed by atoms with Crippen LogP contribution in [0.4, 0.5) is 5.69 Å². The predicted molar refractivity (Wildman–Crippen MR) is 71.3 cm³/mol. The van der Waals surface area contributed by atoms with Gasteiger partial charge in [0.15, 0.2) is 0 Å². The summed E-state index contributed by atoms with van der Waals surface area (Å²) in [4.78, 5) is 13.7. The third-order valence-corrected chi connectivity index (χ3v) is 3.64. The molecular formula is C13H14N2OS. The molecule has 1 aromatic carbocycles. The molecule has 17 heavy (non-hydrogen) atoms. The maximum absolute atomic E-state index is 11.8. The Kier molecular flexibility index (Phi) is 3.44. The molecule has 0 saturated heterocycles. The minimum atomic E-state index is -0.102. The molecule has 3 nitrogen and oxygen atoms in total. The van der Waals surface area contributed by atoms with Gasteiger partial charge in [-0.25, -0.2) is 0 Å². The summed E-state index contributed by atoms with van der Waals surface area (Å²) in [5.41, 5.74) is 7.58. The number of anilines is 1. The molecule has 0 atom stereocenters. The summed E-state index contributed by atoms with van der Waals surface area (Å²) in [5, 5.41) is 0. The summed E-state index contributed by atoms with van der Waals surface area (Å²) >= 11 is 1.51. The molecule has 0 bridgehead atoms. The van der Waals surface area contributed by atoms with Crippen molar-refractivity contribution in [3.8, 4) is 0 Å². The first-order valence-corrected chi connectivity index (χ1v) is 6.17. The van der Waals surface area contributed by atoms with Crippen LogP contribution in [0.25, 0.3) is 0 Å². The number of benzene rings is 1. The second-order valence-corrected chi connectivity index (χ2v) is 5.05. The van der Waals surface area contributed by atoms with E-state index >= 15 is 0 Å². The van der Waals surface area contributed by atoms with Gasteiger partial charge < -0.3 is 0 Å². The van der Waals surface area contributed by atoms with Crippen molar-refractivity contribution in [2.24, 2.45) is 0 Å². The largest absolute Gasteiger partial charge is 0.298 e. The van der Waals surface area contributed by atoms with Gasteiger partial charge in [-0.05, 0) is 37.6 Å². The highest BCUT2D eigenvalue weighted by atomic mass is 32.1. The highest BCUT2D eigenvalue weighted by molar-refractivity contribution is 7.14. The number of hydrogen-bond donors (Lipinski definition) is 2. The van der Waals surface area contributed by atoms with E-state index in [-0.39, 0.29) is 5.91 Å². The number of hydrogen-bond acceptors (Lipinski definition) is 3. The number of thiophene rings is 1. The number of carbonyl (C=O) groups is 1. The summed E-state index contributed by atoms with van der Waals surface area (Å²) in [6.45, 7) is 4.02. The Balaban J connectivity index is 1.98. The lowest BCUT2D eigenvalue weighted by molar-refractivity contribution is 0.0966. The van der Waals surface area contributed by atoms with Crippen LogP contribution in [0.1, 0.15) is 20.1 Å². The zero-order chi connectivity index (χ0) is 12.3. The molecule has 1 amide bonds. The van der Waals surface area contributed by atoms with E-state index in [0.29, 0.717) is 0 Å². The maximum atomic E-state index is 11.8. The van der Waals surface area contributed by atoms with Crippen molar-refractivity contribution in [2.75, 3.05) is 5.43 Å². The van der Waals surface area contributed by atoms with Gasteiger partial charge in [-0.3, -0.25) is 15.6 Å². The van der Waals surface area contributed by atoms with E-state index in [1.165, 1.54) is 16.2 Å². The number of rotatable bonds is 3. The molecule has 2 aromatic rings. The molecule has 4 heteroatoms. The van der Waals surface area contributed by atoms with Gasteiger partial charge in [-0.2, -0.15) is 0 Å². The molecule has 1 heterocycles. The van der Waals surface area contributed by atoms with Gasteiger partial charge in [0.05, 0.1) is 10.6 Å². The minimum Gasteiger partial charge on any atom is -0.298 e. The van der Waals surface area contributed by atoms with Gasteiger partial charge in [-0.15, -0.1) is 11.3 Å². The van der Waals surface area contributed by atoms with Crippen molar-refractivity contribution in [3.63, 3.8) is 0 Å². The molecule has 2 rings (SSSR count). The van der Waals surface area contributed by atoms with Gasteiger partial charge in [-0.1, -0.05) is 18.2 Å². The Morgan fingerprint density at radius 1 is 1.18 bits per heavy atom. The number of hydrazine groups is 1. The smallest absolute Gasteiger partial charge is 0.279 e. The van der Waals surface area contributed by atoms with Crippen LogP contribution < -0.4 is 10.9 Å². The third-order valence-electron chi connectivity index (χ3n) is 2.48. The van der Waals surface area contributed by atoms with Crippen LogP contribution in [0.5, 0.6) is 0 Å². The summed E-state index contributed by atoms with van der Waals surface area (Å²) in [6, 6.07) is 11.4. The van der Waals surface area contributed by atoms with E-state index in [1.807, 2.05) is 50.2 Å². The van der Waals surface area contributed by atoms with Crippen LogP contribution >= 0.6 is 11.3 Å². The van der Waals surface area contributed by atoms with Gasteiger partial charge >= 0.3 is 0 Å². The van der Waals surface area contributed by atoms with Gasteiger partial charge in [0.2, 0.25) is 0 Å². The first-order chi connectivity index (χ1) is 8.16. The minimum absolute atomic E-state index is 0.102. The number of amides is 1. The van der Waals surface area contributed by atoms with E-state index in [9.17, 15) is 4.79 Å². The maximum Gasteiger partial charge on any atom is 0.279 e.